The van der Waals surface area contributed by atoms with Crippen LogP contribution in [0.3, 0.4) is 0 Å². The highest BCUT2D eigenvalue weighted by molar-refractivity contribution is 6.69. The fourth-order valence-corrected chi connectivity index (χ4v) is 2.07. The van der Waals surface area contributed by atoms with Gasteiger partial charge in [0.1, 0.15) is 0 Å². The molecule has 0 fully saturated rings. The molecule has 1 rings (SSSR count). The lowest BCUT2D eigenvalue weighted by Crippen LogP contribution is -2.36. The Morgan fingerprint density at radius 3 is 2.40 bits per heavy atom. The third-order valence-electron chi connectivity index (χ3n) is 2.15. The van der Waals surface area contributed by atoms with E-state index in [1.807, 2.05) is 0 Å². The van der Waals surface area contributed by atoms with Gasteiger partial charge in [-0.1, -0.05) is 13.8 Å². The summed E-state index contributed by atoms with van der Waals surface area (Å²) in [4.78, 5) is 11.5. The number of allylic oxidation sites excluding steroid dienone is 2. The second-order valence-corrected chi connectivity index (χ2v) is 10.4. The largest absolute Gasteiger partial charge is 0.323 e. The molecule has 0 unspecified atom stereocenters. The summed E-state index contributed by atoms with van der Waals surface area (Å²) in [7, 11) is -1.57. The van der Waals surface area contributed by atoms with E-state index < -0.39 is 8.32 Å². The molecule has 3 nitrogen and oxygen atoms in total. The van der Waals surface area contributed by atoms with Gasteiger partial charge in [0.2, 0.25) is 8.32 Å². The number of ketones is 1. The molecule has 1 aliphatic carbocycles. The van der Waals surface area contributed by atoms with Crippen molar-refractivity contribution in [2.45, 2.75) is 46.3 Å². The summed E-state index contributed by atoms with van der Waals surface area (Å²) < 4.78 is 5.58. The van der Waals surface area contributed by atoms with Gasteiger partial charge in [-0.2, -0.15) is 0 Å². The molecule has 0 amide bonds. The van der Waals surface area contributed by atoms with Crippen LogP contribution in [0.15, 0.2) is 11.8 Å². The molecule has 15 heavy (non-hydrogen) atoms. The SMILES string of the molecule is CC1(C)CC(=O)C=C(NO[Si](C)(C)C)C1. The van der Waals surface area contributed by atoms with Crippen molar-refractivity contribution in [3.8, 4) is 0 Å². The zero-order valence-corrected chi connectivity index (χ0v) is 11.3. The van der Waals surface area contributed by atoms with Gasteiger partial charge in [-0.3, -0.25) is 10.3 Å². The van der Waals surface area contributed by atoms with Crippen molar-refractivity contribution in [3.63, 3.8) is 0 Å². The van der Waals surface area contributed by atoms with Crippen molar-refractivity contribution < 1.29 is 9.32 Å². The van der Waals surface area contributed by atoms with Gasteiger partial charge < -0.3 is 4.53 Å². The van der Waals surface area contributed by atoms with Gasteiger partial charge in [0, 0.05) is 18.2 Å². The molecule has 0 radical (unpaired) electrons. The molecule has 1 N–H and O–H groups in total. The lowest BCUT2D eigenvalue weighted by molar-refractivity contribution is -0.117. The zero-order valence-electron chi connectivity index (χ0n) is 10.3. The summed E-state index contributed by atoms with van der Waals surface area (Å²) in [5.74, 6) is 0.188. The molecule has 0 aromatic carbocycles. The monoisotopic (exact) mass is 227 g/mol. The van der Waals surface area contributed by atoms with Gasteiger partial charge in [-0.15, -0.1) is 0 Å². The van der Waals surface area contributed by atoms with Crippen molar-refractivity contribution >= 4 is 14.1 Å². The van der Waals surface area contributed by atoms with E-state index in [1.165, 1.54) is 0 Å². The van der Waals surface area contributed by atoms with Crippen LogP contribution in [-0.4, -0.2) is 14.1 Å². The fraction of sp³-hybridized carbons (Fsp3) is 0.727. The first-order chi connectivity index (χ1) is 6.68. The third-order valence-corrected chi connectivity index (χ3v) is 2.86. The first kappa shape index (κ1) is 12.5. The average Bonchev–Trinajstić information content (AvgIpc) is 1.95. The van der Waals surface area contributed by atoms with E-state index in [-0.39, 0.29) is 11.2 Å². The van der Waals surface area contributed by atoms with E-state index in [1.54, 1.807) is 6.08 Å². The Balaban J connectivity index is 2.59. The maximum Gasteiger partial charge on any atom is 0.220 e. The predicted molar refractivity (Wildman–Crippen MR) is 63.7 cm³/mol. The average molecular weight is 227 g/mol. The highest BCUT2D eigenvalue weighted by Crippen LogP contribution is 2.32. The minimum atomic E-state index is -1.57. The minimum Gasteiger partial charge on any atom is -0.323 e. The Labute approximate surface area is 93.0 Å². The van der Waals surface area contributed by atoms with Gasteiger partial charge in [0.25, 0.3) is 0 Å². The molecule has 0 bridgehead atoms. The first-order valence-electron chi connectivity index (χ1n) is 5.35. The molecule has 4 heteroatoms. The number of carbonyl (C=O) groups excluding carboxylic acids is 1. The van der Waals surface area contributed by atoms with Crippen LogP contribution in [0.1, 0.15) is 26.7 Å². The number of nitrogens with one attached hydrogen (secondary N) is 1. The van der Waals surface area contributed by atoms with Gasteiger partial charge in [-0.05, 0) is 31.5 Å². The van der Waals surface area contributed by atoms with E-state index in [0.717, 1.165) is 12.1 Å². The molecule has 0 aliphatic heterocycles. The quantitative estimate of drug-likeness (QED) is 0.595. The second kappa shape index (κ2) is 4.10. The Hall–Kier alpha value is -0.613. The van der Waals surface area contributed by atoms with Crippen molar-refractivity contribution in [1.29, 1.82) is 0 Å². The summed E-state index contributed by atoms with van der Waals surface area (Å²) in [5.41, 5.74) is 3.92. The molecular formula is C11H21NO2Si. The van der Waals surface area contributed by atoms with Crippen molar-refractivity contribution in [3.05, 3.63) is 11.8 Å². The van der Waals surface area contributed by atoms with Crippen LogP contribution < -0.4 is 5.48 Å². The van der Waals surface area contributed by atoms with E-state index in [2.05, 4.69) is 39.0 Å². The molecule has 0 aromatic heterocycles. The normalized spacial score (nSPS) is 21.1. The highest BCUT2D eigenvalue weighted by Gasteiger charge is 2.28. The van der Waals surface area contributed by atoms with Gasteiger partial charge in [-0.25, -0.2) is 0 Å². The standard InChI is InChI=1S/C11H21NO2Si/c1-11(2)7-9(6-10(13)8-11)12-14-15(3,4)5/h6,12H,7-8H2,1-5H3. The van der Waals surface area contributed by atoms with Crippen LogP contribution in [0.2, 0.25) is 19.6 Å². The van der Waals surface area contributed by atoms with E-state index in [0.29, 0.717) is 6.42 Å². The number of rotatable bonds is 3. The number of hydroxylamine groups is 1. The topological polar surface area (TPSA) is 38.3 Å². The van der Waals surface area contributed by atoms with Crippen LogP contribution in [0, 0.1) is 5.41 Å². The highest BCUT2D eigenvalue weighted by atomic mass is 28.4. The molecule has 0 aromatic rings. The van der Waals surface area contributed by atoms with E-state index >= 15 is 0 Å². The molecule has 0 heterocycles. The van der Waals surface area contributed by atoms with Crippen molar-refractivity contribution in [2.75, 3.05) is 0 Å². The molecular weight excluding hydrogens is 206 g/mol. The third kappa shape index (κ3) is 4.62. The van der Waals surface area contributed by atoms with E-state index in [9.17, 15) is 4.79 Å². The van der Waals surface area contributed by atoms with E-state index in [4.69, 9.17) is 4.53 Å². The molecule has 0 saturated carbocycles. The maximum absolute atomic E-state index is 11.5. The Morgan fingerprint density at radius 2 is 1.93 bits per heavy atom. The van der Waals surface area contributed by atoms with Crippen LogP contribution >= 0.6 is 0 Å². The second-order valence-electron chi connectivity index (χ2n) is 5.97. The van der Waals surface area contributed by atoms with Crippen molar-refractivity contribution in [2.24, 2.45) is 5.41 Å². The van der Waals surface area contributed by atoms with Crippen LogP contribution in [0.5, 0.6) is 0 Å². The minimum absolute atomic E-state index is 0.0525. The summed E-state index contributed by atoms with van der Waals surface area (Å²) >= 11 is 0. The number of hydrogen-bond donors (Lipinski definition) is 1. The molecule has 0 atom stereocenters. The van der Waals surface area contributed by atoms with Crippen LogP contribution in [0.25, 0.3) is 0 Å². The first-order valence-corrected chi connectivity index (χ1v) is 8.76. The summed E-state index contributed by atoms with van der Waals surface area (Å²) in [6, 6.07) is 0. The summed E-state index contributed by atoms with van der Waals surface area (Å²) in [6.07, 6.45) is 3.18. The van der Waals surface area contributed by atoms with Gasteiger partial charge >= 0.3 is 0 Å². The van der Waals surface area contributed by atoms with Crippen molar-refractivity contribution in [1.82, 2.24) is 5.48 Å². The van der Waals surface area contributed by atoms with Crippen LogP contribution in [-0.2, 0) is 9.32 Å². The predicted octanol–water partition coefficient (Wildman–Crippen LogP) is 2.62. The fourth-order valence-electron chi connectivity index (χ4n) is 1.63. The Bertz CT molecular complexity index is 289. The Morgan fingerprint density at radius 1 is 1.33 bits per heavy atom. The summed E-state index contributed by atoms with van der Waals surface area (Å²) in [5, 5.41) is 0. The van der Waals surface area contributed by atoms with Gasteiger partial charge in [0.15, 0.2) is 5.78 Å². The number of carbonyl (C=O) groups is 1. The maximum atomic E-state index is 11.5. The van der Waals surface area contributed by atoms with Gasteiger partial charge in [0.05, 0.1) is 0 Å². The summed E-state index contributed by atoms with van der Waals surface area (Å²) in [6.45, 7) is 10.5. The smallest absolute Gasteiger partial charge is 0.220 e. The zero-order chi connectivity index (χ0) is 11.7. The lowest BCUT2D eigenvalue weighted by atomic mass is 9.79. The van der Waals surface area contributed by atoms with Crippen LogP contribution in [0.4, 0.5) is 0 Å². The molecule has 0 spiro atoms. The molecule has 0 saturated heterocycles. The lowest BCUT2D eigenvalue weighted by Gasteiger charge is -2.30. The Kier molecular flexibility index (Phi) is 3.40. The molecule has 1 aliphatic rings. The number of hydrogen-bond acceptors (Lipinski definition) is 3. The molecule has 86 valence electrons.